The Kier molecular flexibility index (Phi) is 9.15. The zero-order chi connectivity index (χ0) is 32.6. The van der Waals surface area contributed by atoms with E-state index >= 15 is 0 Å². The van der Waals surface area contributed by atoms with Gasteiger partial charge in [-0.2, -0.15) is 3.97 Å². The third kappa shape index (κ3) is 6.02. The summed E-state index contributed by atoms with van der Waals surface area (Å²) in [6.07, 6.45) is 2.18. The predicted molar refractivity (Wildman–Crippen MR) is 177 cm³/mol. The molecule has 2 saturated heterocycles. The minimum Gasteiger partial charge on any atom is -0.497 e. The molecule has 244 valence electrons. The van der Waals surface area contributed by atoms with E-state index in [9.17, 15) is 18.0 Å². The number of carbonyl (C=O) groups is 1. The van der Waals surface area contributed by atoms with Crippen molar-refractivity contribution in [2.24, 2.45) is 0 Å². The lowest BCUT2D eigenvalue weighted by Gasteiger charge is -2.42. The summed E-state index contributed by atoms with van der Waals surface area (Å²) < 4.78 is 40.8. The molecule has 1 aromatic heterocycles. The third-order valence-corrected chi connectivity index (χ3v) is 11.1. The molecule has 0 bridgehead atoms. The summed E-state index contributed by atoms with van der Waals surface area (Å²) in [6, 6.07) is 16.6. The minimum absolute atomic E-state index is 0.0984. The molecule has 0 N–H and O–H groups in total. The summed E-state index contributed by atoms with van der Waals surface area (Å²) in [5, 5.41) is 0.295. The Morgan fingerprint density at radius 3 is 2.17 bits per heavy atom. The van der Waals surface area contributed by atoms with Gasteiger partial charge in [0.1, 0.15) is 17.5 Å². The van der Waals surface area contributed by atoms with Crippen LogP contribution in [0.2, 0.25) is 5.02 Å². The Labute approximate surface area is 273 Å². The van der Waals surface area contributed by atoms with Crippen LogP contribution in [0.1, 0.15) is 24.4 Å². The summed E-state index contributed by atoms with van der Waals surface area (Å²) >= 11 is 6.43. The zero-order valence-electron chi connectivity index (χ0n) is 26.1. The van der Waals surface area contributed by atoms with Crippen LogP contribution in [0.4, 0.5) is 0 Å². The van der Waals surface area contributed by atoms with E-state index in [1.165, 1.54) is 61.3 Å². The van der Waals surface area contributed by atoms with Crippen LogP contribution in [0.15, 0.2) is 76.4 Å². The summed E-state index contributed by atoms with van der Waals surface area (Å²) in [7, 11) is 0.755. The lowest BCUT2D eigenvalue weighted by Crippen LogP contribution is -2.55. The van der Waals surface area contributed by atoms with Crippen molar-refractivity contribution < 1.29 is 22.7 Å². The number of halogens is 1. The van der Waals surface area contributed by atoms with Crippen LogP contribution in [0.25, 0.3) is 11.0 Å². The van der Waals surface area contributed by atoms with Crippen molar-refractivity contribution in [3.63, 3.8) is 0 Å². The van der Waals surface area contributed by atoms with Crippen molar-refractivity contribution in [3.05, 3.63) is 87.8 Å². The number of piperazine rings is 1. The van der Waals surface area contributed by atoms with E-state index in [1.807, 2.05) is 0 Å². The van der Waals surface area contributed by atoms with Crippen molar-refractivity contribution in [2.75, 3.05) is 60.5 Å². The second-order valence-corrected chi connectivity index (χ2v) is 14.0. The molecule has 6 rings (SSSR count). The van der Waals surface area contributed by atoms with E-state index in [4.69, 9.17) is 21.1 Å². The Hall–Kier alpha value is -3.84. The molecule has 46 heavy (non-hydrogen) atoms. The molecular formula is C33H38ClN5O6S. The average molecular weight is 668 g/mol. The number of benzene rings is 3. The fraction of sp³-hybridized carbons (Fsp3) is 0.394. The first-order valence-corrected chi connectivity index (χ1v) is 17.1. The topological polar surface area (TPSA) is 106 Å². The summed E-state index contributed by atoms with van der Waals surface area (Å²) in [5.41, 5.74) is -0.0528. The molecule has 1 atom stereocenters. The van der Waals surface area contributed by atoms with E-state index < -0.39 is 21.8 Å². The molecule has 0 spiro atoms. The molecule has 11 nitrogen and oxygen atoms in total. The molecule has 1 amide bonds. The van der Waals surface area contributed by atoms with Gasteiger partial charge in [0.25, 0.3) is 15.9 Å². The second kappa shape index (κ2) is 13.1. The second-order valence-electron chi connectivity index (χ2n) is 11.8. The maximum atomic E-state index is 14.6. The highest BCUT2D eigenvalue weighted by atomic mass is 35.5. The molecule has 2 aliphatic heterocycles. The quantitative estimate of drug-likeness (QED) is 0.281. The van der Waals surface area contributed by atoms with Gasteiger partial charge >= 0.3 is 5.69 Å². The normalized spacial score (nSPS) is 17.7. The Morgan fingerprint density at radius 1 is 0.848 bits per heavy atom. The fourth-order valence-electron chi connectivity index (χ4n) is 6.55. The molecule has 4 aromatic rings. The molecule has 3 heterocycles. The molecule has 0 aliphatic carbocycles. The number of methoxy groups -OCH3 is 2. The summed E-state index contributed by atoms with van der Waals surface area (Å²) in [4.78, 5) is 35.5. The van der Waals surface area contributed by atoms with Crippen LogP contribution < -0.4 is 15.2 Å². The summed E-state index contributed by atoms with van der Waals surface area (Å²) in [5.74, 6) is 0.669. The van der Waals surface area contributed by atoms with Crippen LogP contribution in [0.5, 0.6) is 11.5 Å². The van der Waals surface area contributed by atoms with Crippen LogP contribution in [-0.4, -0.2) is 104 Å². The third-order valence-electron chi connectivity index (χ3n) is 9.13. The number of rotatable bonds is 8. The molecule has 0 radical (unpaired) electrons. The highest BCUT2D eigenvalue weighted by molar-refractivity contribution is 7.90. The van der Waals surface area contributed by atoms with E-state index in [0.717, 1.165) is 43.0 Å². The highest BCUT2D eigenvalue weighted by Gasteiger charge is 2.36. The monoisotopic (exact) mass is 667 g/mol. The van der Waals surface area contributed by atoms with E-state index in [1.54, 1.807) is 29.2 Å². The van der Waals surface area contributed by atoms with Crippen LogP contribution in [0, 0.1) is 0 Å². The first-order valence-electron chi connectivity index (χ1n) is 15.3. The van der Waals surface area contributed by atoms with E-state index in [2.05, 4.69) is 16.8 Å². The van der Waals surface area contributed by atoms with Gasteiger partial charge < -0.3 is 19.3 Å². The first kappa shape index (κ1) is 32.1. The lowest BCUT2D eigenvalue weighted by atomic mass is 10.0. The van der Waals surface area contributed by atoms with Gasteiger partial charge in [0.2, 0.25) is 0 Å². The fourth-order valence-corrected chi connectivity index (χ4v) is 8.12. The highest BCUT2D eigenvalue weighted by Crippen LogP contribution is 2.31. The van der Waals surface area contributed by atoms with Gasteiger partial charge in [-0.25, -0.2) is 13.2 Å². The van der Waals surface area contributed by atoms with E-state index in [-0.39, 0.29) is 21.8 Å². The number of nitrogens with zero attached hydrogens (tertiary/aromatic N) is 5. The first-order chi connectivity index (χ1) is 22.1. The van der Waals surface area contributed by atoms with Crippen molar-refractivity contribution in [3.8, 4) is 11.5 Å². The molecule has 1 unspecified atom stereocenters. The molecule has 2 aliphatic rings. The number of imidazole rings is 1. The molecule has 13 heteroatoms. The Morgan fingerprint density at radius 2 is 1.52 bits per heavy atom. The number of aromatic nitrogens is 2. The molecular weight excluding hydrogens is 630 g/mol. The van der Waals surface area contributed by atoms with Crippen molar-refractivity contribution in [2.45, 2.75) is 29.8 Å². The number of fused-ring (bicyclic) bond motifs is 1. The maximum absolute atomic E-state index is 14.6. The van der Waals surface area contributed by atoms with Gasteiger partial charge in [-0.15, -0.1) is 0 Å². The van der Waals surface area contributed by atoms with Gasteiger partial charge in [-0.1, -0.05) is 23.7 Å². The van der Waals surface area contributed by atoms with Crippen LogP contribution in [-0.2, 0) is 14.8 Å². The SMILES string of the molecule is COc1ccc(S(=O)(=O)n2c(=O)n(C(C(=O)N3CCN(C4CCN(C)CC4)CC3)c3cccc(OC)c3)c3cc(Cl)ccc32)cc1. The van der Waals surface area contributed by atoms with Gasteiger partial charge in [0.15, 0.2) is 0 Å². The Balaban J connectivity index is 1.45. The predicted octanol–water partition coefficient (Wildman–Crippen LogP) is 3.54. The van der Waals surface area contributed by atoms with Gasteiger partial charge in [-0.05, 0) is 93.1 Å². The lowest BCUT2D eigenvalue weighted by molar-refractivity contribution is -0.135. The van der Waals surface area contributed by atoms with Gasteiger partial charge in [0, 0.05) is 37.2 Å². The molecule has 3 aromatic carbocycles. The minimum atomic E-state index is -4.39. The average Bonchev–Trinajstić information content (AvgIpc) is 3.36. The van der Waals surface area contributed by atoms with Crippen molar-refractivity contribution in [1.82, 2.24) is 23.2 Å². The van der Waals surface area contributed by atoms with E-state index in [0.29, 0.717) is 41.2 Å². The molecule has 0 saturated carbocycles. The van der Waals surface area contributed by atoms with Gasteiger partial charge in [-0.3, -0.25) is 14.3 Å². The number of piperidine rings is 1. The van der Waals surface area contributed by atoms with Crippen LogP contribution >= 0.6 is 11.6 Å². The van der Waals surface area contributed by atoms with Crippen LogP contribution in [0.3, 0.4) is 0 Å². The standard InChI is InChI=1S/C33H38ClN5O6S/c1-35-15-13-25(14-16-35)36-17-19-37(20-18-36)32(40)31(23-5-4-6-27(21-23)45-3)38-30-22-24(34)7-12-29(30)39(33(38)41)46(42,43)28-10-8-26(44-2)9-11-28/h4-12,21-22,25,31H,13-20H2,1-3H3. The number of hydrogen-bond donors (Lipinski definition) is 0. The number of hydrogen-bond acceptors (Lipinski definition) is 8. The smallest absolute Gasteiger partial charge is 0.344 e. The van der Waals surface area contributed by atoms with Gasteiger partial charge in [0.05, 0.1) is 30.1 Å². The number of carbonyl (C=O) groups excluding carboxylic acids is 1. The summed E-state index contributed by atoms with van der Waals surface area (Å²) in [6.45, 7) is 4.53. The number of ether oxygens (including phenoxy) is 2. The molecule has 2 fully saturated rings. The Bertz CT molecular complexity index is 1890. The number of likely N-dealkylation sites (tertiary alicyclic amines) is 1. The van der Waals surface area contributed by atoms with Crippen molar-refractivity contribution >= 4 is 38.6 Å². The van der Waals surface area contributed by atoms with Crippen molar-refractivity contribution in [1.29, 1.82) is 0 Å². The maximum Gasteiger partial charge on any atom is 0.344 e. The number of amides is 1. The zero-order valence-corrected chi connectivity index (χ0v) is 27.7. The largest absolute Gasteiger partial charge is 0.497 e.